The van der Waals surface area contributed by atoms with Crippen LogP contribution in [0.4, 0.5) is 14.9 Å². The van der Waals surface area contributed by atoms with Crippen LogP contribution in [0.2, 0.25) is 0 Å². The molecule has 2 aliphatic heterocycles. The van der Waals surface area contributed by atoms with E-state index in [4.69, 9.17) is 9.47 Å². The molecule has 7 nitrogen and oxygen atoms in total. The highest BCUT2D eigenvalue weighted by Gasteiger charge is 2.30. The van der Waals surface area contributed by atoms with E-state index in [1.54, 1.807) is 4.90 Å². The van der Waals surface area contributed by atoms with Crippen LogP contribution < -0.4 is 10.6 Å². The number of benzene rings is 1. The van der Waals surface area contributed by atoms with Crippen molar-refractivity contribution in [2.75, 3.05) is 38.2 Å². The van der Waals surface area contributed by atoms with Gasteiger partial charge < -0.3 is 25.0 Å². The highest BCUT2D eigenvalue weighted by molar-refractivity contribution is 5.89. The Morgan fingerprint density at radius 3 is 2.48 bits per heavy atom. The molecule has 2 N–H and O–H groups in total. The minimum atomic E-state index is -0.514. The third-order valence-corrected chi connectivity index (χ3v) is 4.34. The van der Waals surface area contributed by atoms with Gasteiger partial charge in [-0.1, -0.05) is 0 Å². The minimum absolute atomic E-state index is 0.00646. The first kappa shape index (κ1) is 17.6. The fourth-order valence-corrected chi connectivity index (χ4v) is 2.96. The van der Waals surface area contributed by atoms with Crippen molar-refractivity contribution in [1.29, 1.82) is 0 Å². The van der Waals surface area contributed by atoms with Crippen molar-refractivity contribution in [2.45, 2.75) is 25.0 Å². The van der Waals surface area contributed by atoms with Crippen LogP contribution >= 0.6 is 0 Å². The maximum absolute atomic E-state index is 12.9. The molecule has 2 fully saturated rings. The number of piperidine rings is 1. The number of carbonyl (C=O) groups excluding carboxylic acids is 2. The molecule has 136 valence electrons. The number of likely N-dealkylation sites (tertiary alicyclic amines) is 1. The first-order valence-electron chi connectivity index (χ1n) is 8.43. The van der Waals surface area contributed by atoms with Gasteiger partial charge in [0.1, 0.15) is 5.82 Å². The molecule has 0 unspecified atom stereocenters. The molecule has 2 aliphatic rings. The molecule has 8 heteroatoms. The number of rotatable bonds is 3. The van der Waals surface area contributed by atoms with E-state index in [2.05, 4.69) is 10.6 Å². The van der Waals surface area contributed by atoms with Gasteiger partial charge in [-0.2, -0.15) is 0 Å². The van der Waals surface area contributed by atoms with E-state index < -0.39 is 6.10 Å². The molecule has 1 aromatic rings. The fourth-order valence-electron chi connectivity index (χ4n) is 2.96. The summed E-state index contributed by atoms with van der Waals surface area (Å²) in [6.07, 6.45) is 0.840. The molecule has 2 saturated heterocycles. The molecule has 25 heavy (non-hydrogen) atoms. The first-order valence-corrected chi connectivity index (χ1v) is 8.43. The summed E-state index contributed by atoms with van der Waals surface area (Å²) < 4.78 is 23.6. The van der Waals surface area contributed by atoms with E-state index in [0.29, 0.717) is 51.4 Å². The van der Waals surface area contributed by atoms with E-state index in [1.165, 1.54) is 24.3 Å². The molecule has 0 spiro atoms. The van der Waals surface area contributed by atoms with Crippen molar-refractivity contribution in [3.63, 3.8) is 0 Å². The summed E-state index contributed by atoms with van der Waals surface area (Å²) in [4.78, 5) is 26.1. The van der Waals surface area contributed by atoms with Crippen LogP contribution in [0, 0.1) is 5.82 Å². The predicted molar refractivity (Wildman–Crippen MR) is 88.7 cm³/mol. The molecule has 3 amide bonds. The second kappa shape index (κ2) is 8.26. The number of carbonyl (C=O) groups is 2. The van der Waals surface area contributed by atoms with E-state index in [-0.39, 0.29) is 23.8 Å². The zero-order valence-electron chi connectivity index (χ0n) is 13.9. The third kappa shape index (κ3) is 4.90. The number of hydrogen-bond donors (Lipinski definition) is 2. The Morgan fingerprint density at radius 2 is 1.84 bits per heavy atom. The van der Waals surface area contributed by atoms with Gasteiger partial charge in [0.25, 0.3) is 5.91 Å². The largest absolute Gasteiger partial charge is 0.376 e. The number of ether oxygens (including phenoxy) is 2. The summed E-state index contributed by atoms with van der Waals surface area (Å²) in [5, 5.41) is 5.55. The van der Waals surface area contributed by atoms with Crippen LogP contribution in [0.15, 0.2) is 24.3 Å². The van der Waals surface area contributed by atoms with Gasteiger partial charge in [-0.3, -0.25) is 4.79 Å². The second-order valence-electron chi connectivity index (χ2n) is 6.14. The van der Waals surface area contributed by atoms with Crippen LogP contribution in [0.25, 0.3) is 0 Å². The lowest BCUT2D eigenvalue weighted by molar-refractivity contribution is -0.158. The summed E-state index contributed by atoms with van der Waals surface area (Å²) in [6, 6.07) is 5.24. The standard InChI is InChI=1S/C17H22FN3O4/c18-12-1-3-13(4-2-12)19-17(23)20-14-5-7-21(8-6-14)16(22)15-11-24-9-10-25-15/h1-4,14-15H,5-11H2,(H2,19,20,23)/t15-/m0/s1. The average molecular weight is 351 g/mol. The number of hydrogen-bond acceptors (Lipinski definition) is 4. The fraction of sp³-hybridized carbons (Fsp3) is 0.529. The molecule has 0 bridgehead atoms. The van der Waals surface area contributed by atoms with Gasteiger partial charge in [0.15, 0.2) is 6.10 Å². The van der Waals surface area contributed by atoms with Gasteiger partial charge in [-0.25, -0.2) is 9.18 Å². The topological polar surface area (TPSA) is 79.9 Å². The van der Waals surface area contributed by atoms with E-state index in [1.807, 2.05) is 0 Å². The Labute approximate surface area is 145 Å². The van der Waals surface area contributed by atoms with Gasteiger partial charge in [0, 0.05) is 24.8 Å². The lowest BCUT2D eigenvalue weighted by Gasteiger charge is -2.35. The molecule has 0 radical (unpaired) electrons. The van der Waals surface area contributed by atoms with Crippen molar-refractivity contribution in [1.82, 2.24) is 10.2 Å². The summed E-state index contributed by atoms with van der Waals surface area (Å²) in [5.74, 6) is -0.399. The maximum atomic E-state index is 12.9. The molecule has 0 aromatic heterocycles. The normalized spacial score (nSPS) is 21.6. The quantitative estimate of drug-likeness (QED) is 0.862. The molecular weight excluding hydrogens is 329 g/mol. The number of nitrogens with zero attached hydrogens (tertiary/aromatic N) is 1. The van der Waals surface area contributed by atoms with E-state index in [0.717, 1.165) is 0 Å². The predicted octanol–water partition coefficient (Wildman–Crippen LogP) is 1.35. The Hall–Kier alpha value is -2.19. The summed E-state index contributed by atoms with van der Waals surface area (Å²) in [5.41, 5.74) is 0.529. The van der Waals surface area contributed by atoms with Gasteiger partial charge in [0.05, 0.1) is 19.8 Å². The number of urea groups is 1. The smallest absolute Gasteiger partial charge is 0.319 e. The van der Waals surface area contributed by atoms with Crippen LogP contribution in [0.5, 0.6) is 0 Å². The molecule has 1 aromatic carbocycles. The van der Waals surface area contributed by atoms with Gasteiger partial charge in [0.2, 0.25) is 0 Å². The number of nitrogens with one attached hydrogen (secondary N) is 2. The number of anilines is 1. The Balaban J connectivity index is 1.41. The Morgan fingerprint density at radius 1 is 1.12 bits per heavy atom. The molecule has 2 heterocycles. The summed E-state index contributed by atoms with van der Waals surface area (Å²) >= 11 is 0. The molecule has 3 rings (SSSR count). The van der Waals surface area contributed by atoms with Crippen LogP contribution in [-0.4, -0.2) is 61.9 Å². The van der Waals surface area contributed by atoms with Crippen LogP contribution in [-0.2, 0) is 14.3 Å². The zero-order valence-corrected chi connectivity index (χ0v) is 13.9. The number of halogens is 1. The zero-order chi connectivity index (χ0) is 17.6. The monoisotopic (exact) mass is 351 g/mol. The third-order valence-electron chi connectivity index (χ3n) is 4.34. The highest BCUT2D eigenvalue weighted by Crippen LogP contribution is 2.14. The first-order chi connectivity index (χ1) is 12.1. The number of amides is 3. The van der Waals surface area contributed by atoms with Crippen LogP contribution in [0.3, 0.4) is 0 Å². The molecule has 1 atom stereocenters. The van der Waals surface area contributed by atoms with Crippen molar-refractivity contribution >= 4 is 17.6 Å². The molecule has 0 aliphatic carbocycles. The maximum Gasteiger partial charge on any atom is 0.319 e. The van der Waals surface area contributed by atoms with E-state index in [9.17, 15) is 14.0 Å². The SMILES string of the molecule is O=C(Nc1ccc(F)cc1)NC1CCN(C(=O)[C@@H]2COCCO2)CC1. The Bertz CT molecular complexity index is 596. The highest BCUT2D eigenvalue weighted by atomic mass is 19.1. The summed E-state index contributed by atoms with van der Waals surface area (Å²) in [6.45, 7) is 2.41. The van der Waals surface area contributed by atoms with Crippen molar-refractivity contribution in [2.24, 2.45) is 0 Å². The van der Waals surface area contributed by atoms with Crippen LogP contribution in [0.1, 0.15) is 12.8 Å². The van der Waals surface area contributed by atoms with Crippen molar-refractivity contribution in [3.8, 4) is 0 Å². The average Bonchev–Trinajstić information content (AvgIpc) is 2.64. The van der Waals surface area contributed by atoms with Crippen molar-refractivity contribution < 1.29 is 23.5 Å². The molecular formula is C17H22FN3O4. The Kier molecular flexibility index (Phi) is 5.83. The van der Waals surface area contributed by atoms with Crippen molar-refractivity contribution in [3.05, 3.63) is 30.1 Å². The lowest BCUT2D eigenvalue weighted by Crippen LogP contribution is -2.51. The van der Waals surface area contributed by atoms with Gasteiger partial charge >= 0.3 is 6.03 Å². The lowest BCUT2D eigenvalue weighted by atomic mass is 10.0. The second-order valence-corrected chi connectivity index (χ2v) is 6.14. The molecule has 0 saturated carbocycles. The van der Waals surface area contributed by atoms with E-state index >= 15 is 0 Å². The summed E-state index contributed by atoms with van der Waals surface area (Å²) in [7, 11) is 0. The minimum Gasteiger partial charge on any atom is -0.376 e. The van der Waals surface area contributed by atoms with Gasteiger partial charge in [-0.15, -0.1) is 0 Å². The van der Waals surface area contributed by atoms with Gasteiger partial charge in [-0.05, 0) is 37.1 Å².